The van der Waals surface area contributed by atoms with Crippen LogP contribution in [0, 0.1) is 5.82 Å². The van der Waals surface area contributed by atoms with Crippen molar-refractivity contribution < 1.29 is 22.7 Å². The van der Waals surface area contributed by atoms with Crippen molar-refractivity contribution in [1.82, 2.24) is 0 Å². The van der Waals surface area contributed by atoms with Crippen molar-refractivity contribution in [2.24, 2.45) is 0 Å². The summed E-state index contributed by atoms with van der Waals surface area (Å²) in [6.45, 7) is 0. The van der Waals surface area contributed by atoms with Gasteiger partial charge in [-0.3, -0.25) is 0 Å². The molecule has 1 aliphatic carbocycles. The van der Waals surface area contributed by atoms with E-state index in [1.165, 1.54) is 6.07 Å². The Labute approximate surface area is 96.1 Å². The molecule has 17 heavy (non-hydrogen) atoms. The highest BCUT2D eigenvalue weighted by molar-refractivity contribution is 5.30. The van der Waals surface area contributed by atoms with E-state index < -0.39 is 23.7 Å². The molecule has 0 heterocycles. The molecule has 0 amide bonds. The van der Waals surface area contributed by atoms with Crippen molar-refractivity contribution in [2.75, 3.05) is 0 Å². The van der Waals surface area contributed by atoms with Gasteiger partial charge in [0.1, 0.15) is 5.82 Å². The predicted molar refractivity (Wildman–Crippen MR) is 54.0 cm³/mol. The number of rotatable bonds is 2. The lowest BCUT2D eigenvalue weighted by Gasteiger charge is -2.26. The first-order chi connectivity index (χ1) is 7.89. The summed E-state index contributed by atoms with van der Waals surface area (Å²) in [7, 11) is 0. The van der Waals surface area contributed by atoms with Gasteiger partial charge in [-0.1, -0.05) is 18.6 Å². The summed E-state index contributed by atoms with van der Waals surface area (Å²) in [6, 6.07) is 3.60. The maximum Gasteiger partial charge on any atom is 0.418 e. The fraction of sp³-hybridized carbons (Fsp3) is 0.500. The molecule has 1 fully saturated rings. The van der Waals surface area contributed by atoms with Crippen molar-refractivity contribution in [3.05, 3.63) is 35.1 Å². The van der Waals surface area contributed by atoms with Gasteiger partial charge < -0.3 is 5.11 Å². The van der Waals surface area contributed by atoms with Crippen LogP contribution in [0.3, 0.4) is 0 Å². The topological polar surface area (TPSA) is 20.2 Å². The van der Waals surface area contributed by atoms with Crippen LogP contribution in [0.2, 0.25) is 0 Å². The van der Waals surface area contributed by atoms with Crippen LogP contribution in [0.1, 0.15) is 42.4 Å². The third-order valence-corrected chi connectivity index (χ3v) is 3.21. The first-order valence-electron chi connectivity index (χ1n) is 5.43. The summed E-state index contributed by atoms with van der Waals surface area (Å²) < 4.78 is 50.2. The molecule has 0 aromatic heterocycles. The molecule has 1 atom stereocenters. The fourth-order valence-corrected chi connectivity index (χ4v) is 1.94. The van der Waals surface area contributed by atoms with Crippen LogP contribution in [-0.4, -0.2) is 11.3 Å². The lowest BCUT2D eigenvalue weighted by molar-refractivity contribution is -0.207. The largest absolute Gasteiger partial charge is 0.418 e. The SMILES string of the molecule is OC(c1ccc(C2CCC2)cc1F)C(F)(F)F. The molecule has 0 spiro atoms. The average molecular weight is 248 g/mol. The van der Waals surface area contributed by atoms with Crippen LogP contribution in [0.5, 0.6) is 0 Å². The number of aliphatic hydroxyl groups excluding tert-OH is 1. The smallest absolute Gasteiger partial charge is 0.379 e. The fourth-order valence-electron chi connectivity index (χ4n) is 1.94. The van der Waals surface area contributed by atoms with E-state index in [0.29, 0.717) is 5.56 Å². The molecule has 94 valence electrons. The van der Waals surface area contributed by atoms with Gasteiger partial charge in [-0.15, -0.1) is 0 Å². The van der Waals surface area contributed by atoms with Gasteiger partial charge in [0, 0.05) is 5.56 Å². The minimum Gasteiger partial charge on any atom is -0.379 e. The summed E-state index contributed by atoms with van der Waals surface area (Å²) >= 11 is 0. The monoisotopic (exact) mass is 248 g/mol. The number of halogens is 4. The van der Waals surface area contributed by atoms with Gasteiger partial charge in [-0.2, -0.15) is 13.2 Å². The Morgan fingerprint density at radius 1 is 1.24 bits per heavy atom. The summed E-state index contributed by atoms with van der Waals surface area (Å²) in [5.41, 5.74) is 0.00690. The maximum atomic E-state index is 13.5. The van der Waals surface area contributed by atoms with E-state index in [1.807, 2.05) is 0 Å². The molecule has 1 aromatic rings. The van der Waals surface area contributed by atoms with Crippen molar-refractivity contribution >= 4 is 0 Å². The lowest BCUT2D eigenvalue weighted by Crippen LogP contribution is -2.21. The molecule has 0 aliphatic heterocycles. The summed E-state index contributed by atoms with van der Waals surface area (Å²) in [4.78, 5) is 0. The Balaban J connectivity index is 2.25. The normalized spacial score (nSPS) is 18.9. The molecule has 1 saturated carbocycles. The Morgan fingerprint density at radius 2 is 1.88 bits per heavy atom. The van der Waals surface area contributed by atoms with Crippen LogP contribution in [0.15, 0.2) is 18.2 Å². The third-order valence-electron chi connectivity index (χ3n) is 3.21. The minimum absolute atomic E-state index is 0.251. The molecule has 1 N–H and O–H groups in total. The standard InChI is InChI=1S/C12H12F4O/c13-10-6-8(7-2-1-3-7)4-5-9(10)11(17)12(14,15)16/h4-7,11,17H,1-3H2. The average Bonchev–Trinajstić information content (AvgIpc) is 2.12. The molecule has 2 rings (SSSR count). The van der Waals surface area contributed by atoms with Crippen molar-refractivity contribution in [1.29, 1.82) is 0 Å². The molecule has 5 heteroatoms. The molecule has 0 bridgehead atoms. The zero-order chi connectivity index (χ0) is 12.6. The zero-order valence-corrected chi connectivity index (χ0v) is 8.97. The molecule has 1 nitrogen and oxygen atoms in total. The van der Waals surface area contributed by atoms with Gasteiger partial charge in [-0.05, 0) is 30.4 Å². The molecule has 0 saturated heterocycles. The highest BCUT2D eigenvalue weighted by Crippen LogP contribution is 2.39. The second-order valence-corrected chi connectivity index (χ2v) is 4.35. The van der Waals surface area contributed by atoms with Gasteiger partial charge in [-0.25, -0.2) is 4.39 Å². The molecular formula is C12H12F4O. The lowest BCUT2D eigenvalue weighted by atomic mass is 9.80. The van der Waals surface area contributed by atoms with Gasteiger partial charge in [0.2, 0.25) is 0 Å². The van der Waals surface area contributed by atoms with E-state index in [2.05, 4.69) is 0 Å². The second-order valence-electron chi connectivity index (χ2n) is 4.35. The van der Waals surface area contributed by atoms with Crippen LogP contribution in [0.25, 0.3) is 0 Å². The third kappa shape index (κ3) is 2.44. The van der Waals surface area contributed by atoms with Gasteiger partial charge in [0.05, 0.1) is 0 Å². The highest BCUT2D eigenvalue weighted by atomic mass is 19.4. The van der Waals surface area contributed by atoms with Crippen LogP contribution < -0.4 is 0 Å². The number of hydrogen-bond acceptors (Lipinski definition) is 1. The highest BCUT2D eigenvalue weighted by Gasteiger charge is 2.40. The first kappa shape index (κ1) is 12.4. The van der Waals surface area contributed by atoms with E-state index in [-0.39, 0.29) is 5.92 Å². The number of alkyl halides is 3. The Bertz CT molecular complexity index is 409. The second kappa shape index (κ2) is 4.29. The number of hydrogen-bond donors (Lipinski definition) is 1. The predicted octanol–water partition coefficient (Wildman–Crippen LogP) is 3.69. The zero-order valence-electron chi connectivity index (χ0n) is 8.97. The van der Waals surface area contributed by atoms with E-state index in [1.54, 1.807) is 0 Å². The Hall–Kier alpha value is -1.10. The quantitative estimate of drug-likeness (QED) is 0.791. The van der Waals surface area contributed by atoms with E-state index in [9.17, 15) is 17.6 Å². The van der Waals surface area contributed by atoms with Crippen molar-refractivity contribution in [3.8, 4) is 0 Å². The van der Waals surface area contributed by atoms with Crippen LogP contribution in [-0.2, 0) is 0 Å². The number of aliphatic hydroxyl groups is 1. The van der Waals surface area contributed by atoms with Crippen LogP contribution >= 0.6 is 0 Å². The van der Waals surface area contributed by atoms with E-state index in [0.717, 1.165) is 31.4 Å². The molecular weight excluding hydrogens is 236 g/mol. The maximum absolute atomic E-state index is 13.5. The number of benzene rings is 1. The Kier molecular flexibility index (Phi) is 3.12. The van der Waals surface area contributed by atoms with E-state index >= 15 is 0 Å². The Morgan fingerprint density at radius 3 is 2.29 bits per heavy atom. The van der Waals surface area contributed by atoms with Crippen molar-refractivity contribution in [3.63, 3.8) is 0 Å². The van der Waals surface area contributed by atoms with Gasteiger partial charge in [0.15, 0.2) is 6.10 Å². The summed E-state index contributed by atoms with van der Waals surface area (Å²) in [6.07, 6.45) is -4.63. The van der Waals surface area contributed by atoms with E-state index in [4.69, 9.17) is 5.11 Å². The first-order valence-corrected chi connectivity index (χ1v) is 5.43. The molecule has 1 aromatic carbocycles. The molecule has 1 aliphatic rings. The summed E-state index contributed by atoms with van der Waals surface area (Å²) in [5.74, 6) is -0.735. The van der Waals surface area contributed by atoms with Crippen LogP contribution in [0.4, 0.5) is 17.6 Å². The molecule has 1 unspecified atom stereocenters. The minimum atomic E-state index is -4.83. The van der Waals surface area contributed by atoms with Gasteiger partial charge in [0.25, 0.3) is 0 Å². The van der Waals surface area contributed by atoms with Crippen molar-refractivity contribution in [2.45, 2.75) is 37.5 Å². The summed E-state index contributed by atoms with van der Waals surface area (Å²) in [5, 5.41) is 8.97. The molecule has 0 radical (unpaired) electrons. The van der Waals surface area contributed by atoms with Gasteiger partial charge >= 0.3 is 6.18 Å².